The van der Waals surface area contributed by atoms with Gasteiger partial charge in [-0.1, -0.05) is 30.3 Å². The fourth-order valence-corrected chi connectivity index (χ4v) is 1.93. The Bertz CT molecular complexity index is 686. The Morgan fingerprint density at radius 2 is 1.92 bits per heavy atom. The third-order valence-electron chi connectivity index (χ3n) is 2.96. The Morgan fingerprint density at radius 1 is 1.20 bits per heavy atom. The van der Waals surface area contributed by atoms with Crippen molar-refractivity contribution in [2.75, 3.05) is 12.1 Å². The Hall–Kier alpha value is -2.67. The van der Waals surface area contributed by atoms with Gasteiger partial charge in [0.05, 0.1) is 12.6 Å². The molecule has 0 aliphatic rings. The standard InChI is InChI=1S/C18H24N4O3/c1-13(20-17(23)25-18(2,3)4)12-24-22-15-10-11-19-16(21-15)14-8-6-5-7-9-14/h5-11,13H,12H2,1-4H3,(H,20,23)(H,19,21,22)/t13-/m1/s1. The zero-order valence-corrected chi connectivity index (χ0v) is 14.9. The number of carbonyl (C=O) groups excluding carboxylic acids is 1. The number of amides is 1. The average Bonchev–Trinajstić information content (AvgIpc) is 2.54. The molecule has 7 nitrogen and oxygen atoms in total. The Balaban J connectivity index is 1.81. The van der Waals surface area contributed by atoms with E-state index in [0.29, 0.717) is 11.6 Å². The van der Waals surface area contributed by atoms with Crippen LogP contribution in [0.5, 0.6) is 0 Å². The molecular weight excluding hydrogens is 320 g/mol. The van der Waals surface area contributed by atoms with Crippen molar-refractivity contribution in [3.8, 4) is 11.4 Å². The van der Waals surface area contributed by atoms with E-state index in [0.717, 1.165) is 5.56 Å². The van der Waals surface area contributed by atoms with Gasteiger partial charge in [0.2, 0.25) is 0 Å². The van der Waals surface area contributed by atoms with Crippen LogP contribution in [0.25, 0.3) is 11.4 Å². The highest BCUT2D eigenvalue weighted by Gasteiger charge is 2.17. The molecule has 1 atom stereocenters. The molecule has 0 fully saturated rings. The van der Waals surface area contributed by atoms with E-state index in [2.05, 4.69) is 20.8 Å². The highest BCUT2D eigenvalue weighted by molar-refractivity contribution is 5.68. The van der Waals surface area contributed by atoms with E-state index in [-0.39, 0.29) is 12.6 Å². The molecule has 0 bridgehead atoms. The summed E-state index contributed by atoms with van der Waals surface area (Å²) in [5.41, 5.74) is 3.16. The van der Waals surface area contributed by atoms with Crippen LogP contribution in [0.15, 0.2) is 42.6 Å². The van der Waals surface area contributed by atoms with Crippen molar-refractivity contribution in [1.82, 2.24) is 15.3 Å². The second kappa shape index (κ2) is 8.43. The number of hydrogen-bond acceptors (Lipinski definition) is 6. The van der Waals surface area contributed by atoms with Crippen LogP contribution in [0, 0.1) is 0 Å². The van der Waals surface area contributed by atoms with Gasteiger partial charge in [0.1, 0.15) is 5.60 Å². The normalized spacial score (nSPS) is 12.3. The van der Waals surface area contributed by atoms with Gasteiger partial charge < -0.3 is 10.1 Å². The van der Waals surface area contributed by atoms with Crippen molar-refractivity contribution in [2.24, 2.45) is 0 Å². The molecule has 2 aromatic rings. The van der Waals surface area contributed by atoms with Gasteiger partial charge in [-0.15, -0.1) is 0 Å². The van der Waals surface area contributed by atoms with Gasteiger partial charge in [-0.2, -0.15) is 0 Å². The van der Waals surface area contributed by atoms with E-state index in [4.69, 9.17) is 9.57 Å². The highest BCUT2D eigenvalue weighted by Crippen LogP contribution is 2.15. The number of carbonyl (C=O) groups is 1. The summed E-state index contributed by atoms with van der Waals surface area (Å²) >= 11 is 0. The molecule has 1 aromatic carbocycles. The first-order valence-corrected chi connectivity index (χ1v) is 8.09. The Morgan fingerprint density at radius 3 is 2.60 bits per heavy atom. The lowest BCUT2D eigenvalue weighted by atomic mass is 10.2. The molecular formula is C18H24N4O3. The van der Waals surface area contributed by atoms with Crippen molar-refractivity contribution < 1.29 is 14.4 Å². The SMILES string of the molecule is C[C@H](CONc1ccnc(-c2ccccc2)n1)NC(=O)OC(C)(C)C. The number of aromatic nitrogens is 2. The van der Waals surface area contributed by atoms with Gasteiger partial charge in [-0.05, 0) is 27.7 Å². The van der Waals surface area contributed by atoms with E-state index in [1.165, 1.54) is 0 Å². The minimum absolute atomic E-state index is 0.224. The van der Waals surface area contributed by atoms with Gasteiger partial charge in [0.25, 0.3) is 0 Å². The monoisotopic (exact) mass is 344 g/mol. The summed E-state index contributed by atoms with van der Waals surface area (Å²) in [6.07, 6.45) is 1.18. The summed E-state index contributed by atoms with van der Waals surface area (Å²) in [6, 6.07) is 11.2. The highest BCUT2D eigenvalue weighted by atomic mass is 16.6. The Kier molecular flexibility index (Phi) is 6.30. The van der Waals surface area contributed by atoms with Crippen LogP contribution in [-0.2, 0) is 9.57 Å². The molecule has 7 heteroatoms. The van der Waals surface area contributed by atoms with E-state index < -0.39 is 11.7 Å². The predicted molar refractivity (Wildman–Crippen MR) is 95.9 cm³/mol. The van der Waals surface area contributed by atoms with E-state index in [9.17, 15) is 4.79 Å². The van der Waals surface area contributed by atoms with Gasteiger partial charge in [0.15, 0.2) is 11.6 Å². The second-order valence-electron chi connectivity index (χ2n) is 6.59. The molecule has 1 heterocycles. The maximum absolute atomic E-state index is 11.7. The van der Waals surface area contributed by atoms with Crippen LogP contribution >= 0.6 is 0 Å². The molecule has 134 valence electrons. The van der Waals surface area contributed by atoms with Crippen molar-refractivity contribution in [1.29, 1.82) is 0 Å². The van der Waals surface area contributed by atoms with Gasteiger partial charge in [0, 0.05) is 17.8 Å². The molecule has 1 amide bonds. The molecule has 2 rings (SSSR count). The number of nitrogens with zero attached hydrogens (tertiary/aromatic N) is 2. The number of benzene rings is 1. The topological polar surface area (TPSA) is 85.4 Å². The summed E-state index contributed by atoms with van der Waals surface area (Å²) in [4.78, 5) is 25.7. The molecule has 0 saturated heterocycles. The second-order valence-corrected chi connectivity index (χ2v) is 6.59. The number of nitrogens with one attached hydrogen (secondary N) is 2. The molecule has 25 heavy (non-hydrogen) atoms. The number of ether oxygens (including phenoxy) is 1. The van der Waals surface area contributed by atoms with Crippen LogP contribution in [0.4, 0.5) is 10.6 Å². The van der Waals surface area contributed by atoms with Crippen LogP contribution < -0.4 is 10.8 Å². The fourth-order valence-electron chi connectivity index (χ4n) is 1.93. The lowest BCUT2D eigenvalue weighted by Crippen LogP contribution is -2.40. The molecule has 1 aromatic heterocycles. The third kappa shape index (κ3) is 6.76. The molecule has 0 radical (unpaired) electrons. The van der Waals surface area contributed by atoms with Crippen molar-refractivity contribution in [2.45, 2.75) is 39.3 Å². The van der Waals surface area contributed by atoms with Crippen molar-refractivity contribution in [3.63, 3.8) is 0 Å². The molecule has 0 aliphatic carbocycles. The van der Waals surface area contributed by atoms with E-state index in [1.807, 2.05) is 58.0 Å². The van der Waals surface area contributed by atoms with Crippen molar-refractivity contribution in [3.05, 3.63) is 42.6 Å². The Labute approximate surface area is 147 Å². The quantitative estimate of drug-likeness (QED) is 0.781. The maximum Gasteiger partial charge on any atom is 0.407 e. The minimum Gasteiger partial charge on any atom is -0.444 e. The number of hydrogen-bond donors (Lipinski definition) is 2. The summed E-state index contributed by atoms with van der Waals surface area (Å²) < 4.78 is 5.19. The lowest BCUT2D eigenvalue weighted by molar-refractivity contribution is 0.0476. The van der Waals surface area contributed by atoms with Crippen LogP contribution in [0.1, 0.15) is 27.7 Å². The average molecular weight is 344 g/mol. The smallest absolute Gasteiger partial charge is 0.407 e. The summed E-state index contributed by atoms with van der Waals surface area (Å²) in [5.74, 6) is 1.15. The number of anilines is 1. The summed E-state index contributed by atoms with van der Waals surface area (Å²) in [7, 11) is 0. The summed E-state index contributed by atoms with van der Waals surface area (Å²) in [5, 5.41) is 2.70. The summed E-state index contributed by atoms with van der Waals surface area (Å²) in [6.45, 7) is 7.52. The molecule has 0 unspecified atom stereocenters. The van der Waals surface area contributed by atoms with Crippen LogP contribution in [0.3, 0.4) is 0 Å². The predicted octanol–water partition coefficient (Wildman–Crippen LogP) is 3.40. The minimum atomic E-state index is -0.530. The molecule has 0 aliphatic heterocycles. The first kappa shape index (κ1) is 18.7. The molecule has 0 spiro atoms. The zero-order chi connectivity index (χ0) is 18.3. The largest absolute Gasteiger partial charge is 0.444 e. The van der Waals surface area contributed by atoms with Crippen LogP contribution in [-0.4, -0.2) is 34.3 Å². The molecule has 2 N–H and O–H groups in total. The first-order chi connectivity index (χ1) is 11.8. The van der Waals surface area contributed by atoms with Gasteiger partial charge in [-0.3, -0.25) is 4.84 Å². The van der Waals surface area contributed by atoms with Crippen molar-refractivity contribution >= 4 is 11.9 Å². The van der Waals surface area contributed by atoms with Crippen LogP contribution in [0.2, 0.25) is 0 Å². The third-order valence-corrected chi connectivity index (χ3v) is 2.96. The van der Waals surface area contributed by atoms with Gasteiger partial charge >= 0.3 is 6.09 Å². The number of rotatable bonds is 6. The molecule has 0 saturated carbocycles. The van der Waals surface area contributed by atoms with E-state index in [1.54, 1.807) is 12.3 Å². The first-order valence-electron chi connectivity index (χ1n) is 8.09. The zero-order valence-electron chi connectivity index (χ0n) is 14.9. The van der Waals surface area contributed by atoms with E-state index >= 15 is 0 Å². The van der Waals surface area contributed by atoms with Gasteiger partial charge in [-0.25, -0.2) is 20.2 Å². The maximum atomic E-state index is 11.7. The number of alkyl carbamates (subject to hydrolysis) is 1. The fraction of sp³-hybridized carbons (Fsp3) is 0.389. The lowest BCUT2D eigenvalue weighted by Gasteiger charge is -2.21.